The zero-order valence-corrected chi connectivity index (χ0v) is 17.7. The van der Waals surface area contributed by atoms with Crippen molar-refractivity contribution in [1.82, 2.24) is 9.97 Å². The molecule has 0 unspecified atom stereocenters. The molecule has 0 bridgehead atoms. The summed E-state index contributed by atoms with van der Waals surface area (Å²) in [5, 5.41) is 3.77. The SMILES string of the molecule is CC.Cc1cnccc1C(=O)Nc1ccc(-c2cc(-c3ncco3)ccc2C)s1. The van der Waals surface area contributed by atoms with E-state index in [1.807, 2.05) is 45.0 Å². The van der Waals surface area contributed by atoms with Gasteiger partial charge in [-0.3, -0.25) is 9.78 Å². The molecule has 0 saturated carbocycles. The van der Waals surface area contributed by atoms with Gasteiger partial charge in [-0.2, -0.15) is 0 Å². The van der Waals surface area contributed by atoms with Gasteiger partial charge in [0.2, 0.25) is 5.89 Å². The molecule has 0 radical (unpaired) electrons. The van der Waals surface area contributed by atoms with E-state index < -0.39 is 0 Å². The summed E-state index contributed by atoms with van der Waals surface area (Å²) in [4.78, 5) is 21.8. The van der Waals surface area contributed by atoms with Gasteiger partial charge in [0, 0.05) is 28.4 Å². The number of amides is 1. The van der Waals surface area contributed by atoms with Crippen LogP contribution < -0.4 is 5.32 Å². The topological polar surface area (TPSA) is 68.0 Å². The van der Waals surface area contributed by atoms with Crippen LogP contribution in [0.15, 0.2) is 65.7 Å². The molecule has 5 nitrogen and oxygen atoms in total. The normalized spacial score (nSPS) is 10.2. The highest BCUT2D eigenvalue weighted by Gasteiger charge is 2.13. The Labute approximate surface area is 174 Å². The fourth-order valence-electron chi connectivity index (χ4n) is 2.84. The molecule has 0 saturated heterocycles. The van der Waals surface area contributed by atoms with Crippen LogP contribution in [0.5, 0.6) is 0 Å². The summed E-state index contributed by atoms with van der Waals surface area (Å²) >= 11 is 1.54. The molecule has 148 valence electrons. The molecule has 6 heteroatoms. The molecule has 3 heterocycles. The molecule has 0 aliphatic heterocycles. The van der Waals surface area contributed by atoms with E-state index in [1.165, 1.54) is 11.3 Å². The van der Waals surface area contributed by atoms with Crippen molar-refractivity contribution < 1.29 is 9.21 Å². The van der Waals surface area contributed by atoms with Gasteiger partial charge in [-0.15, -0.1) is 11.3 Å². The summed E-state index contributed by atoms with van der Waals surface area (Å²) in [5.74, 6) is 0.461. The molecule has 3 aromatic heterocycles. The molecule has 1 amide bonds. The van der Waals surface area contributed by atoms with Gasteiger partial charge in [0.05, 0.1) is 11.2 Å². The van der Waals surface area contributed by atoms with E-state index in [9.17, 15) is 4.79 Å². The fraction of sp³-hybridized carbons (Fsp3) is 0.174. The van der Waals surface area contributed by atoms with Crippen LogP contribution in [-0.4, -0.2) is 15.9 Å². The minimum absolute atomic E-state index is 0.131. The van der Waals surface area contributed by atoms with Crippen molar-refractivity contribution in [1.29, 1.82) is 0 Å². The smallest absolute Gasteiger partial charge is 0.256 e. The van der Waals surface area contributed by atoms with Gasteiger partial charge in [-0.05, 0) is 60.9 Å². The second kappa shape index (κ2) is 9.30. The monoisotopic (exact) mass is 405 g/mol. The number of aromatic nitrogens is 2. The largest absolute Gasteiger partial charge is 0.445 e. The van der Waals surface area contributed by atoms with Crippen LogP contribution in [0.2, 0.25) is 0 Å². The summed E-state index contributed by atoms with van der Waals surface area (Å²) < 4.78 is 5.40. The summed E-state index contributed by atoms with van der Waals surface area (Å²) in [7, 11) is 0. The Morgan fingerprint density at radius 2 is 1.86 bits per heavy atom. The van der Waals surface area contributed by atoms with E-state index >= 15 is 0 Å². The van der Waals surface area contributed by atoms with Crippen LogP contribution in [0.4, 0.5) is 5.00 Å². The lowest BCUT2D eigenvalue weighted by molar-refractivity contribution is 0.102. The molecular formula is C23H23N3O2S. The Balaban J connectivity index is 0.00000117. The third-order valence-electron chi connectivity index (χ3n) is 4.29. The van der Waals surface area contributed by atoms with Crippen LogP contribution in [0.3, 0.4) is 0 Å². The second-order valence-corrected chi connectivity index (χ2v) is 7.26. The van der Waals surface area contributed by atoms with Crippen molar-refractivity contribution in [2.45, 2.75) is 27.7 Å². The lowest BCUT2D eigenvalue weighted by Gasteiger charge is -2.06. The van der Waals surface area contributed by atoms with Crippen LogP contribution in [0.25, 0.3) is 21.9 Å². The molecule has 1 N–H and O–H groups in total. The number of rotatable bonds is 4. The maximum absolute atomic E-state index is 12.5. The molecule has 0 aliphatic rings. The van der Waals surface area contributed by atoms with Crippen molar-refractivity contribution in [3.8, 4) is 21.9 Å². The van der Waals surface area contributed by atoms with E-state index in [0.29, 0.717) is 11.5 Å². The first-order valence-electron chi connectivity index (χ1n) is 9.44. The third kappa shape index (κ3) is 4.60. The quantitative estimate of drug-likeness (QED) is 0.429. The van der Waals surface area contributed by atoms with Crippen molar-refractivity contribution >= 4 is 22.2 Å². The van der Waals surface area contributed by atoms with E-state index in [1.54, 1.807) is 30.9 Å². The number of hydrogen-bond donors (Lipinski definition) is 1. The van der Waals surface area contributed by atoms with Gasteiger partial charge < -0.3 is 9.73 Å². The Hall–Kier alpha value is -3.25. The number of anilines is 1. The van der Waals surface area contributed by atoms with Gasteiger partial charge in [-0.1, -0.05) is 19.9 Å². The maximum Gasteiger partial charge on any atom is 0.256 e. The van der Waals surface area contributed by atoms with Gasteiger partial charge in [-0.25, -0.2) is 4.98 Å². The first-order valence-corrected chi connectivity index (χ1v) is 10.3. The molecular weight excluding hydrogens is 382 g/mol. The molecule has 0 atom stereocenters. The van der Waals surface area contributed by atoms with Crippen LogP contribution in [0.1, 0.15) is 35.3 Å². The van der Waals surface area contributed by atoms with Crippen LogP contribution in [-0.2, 0) is 0 Å². The minimum atomic E-state index is -0.131. The zero-order valence-electron chi connectivity index (χ0n) is 16.9. The first kappa shape index (κ1) is 20.5. The molecule has 4 rings (SSSR count). The van der Waals surface area contributed by atoms with Crippen molar-refractivity contribution in [3.05, 3.63) is 77.9 Å². The van der Waals surface area contributed by atoms with Crippen molar-refractivity contribution in [2.75, 3.05) is 5.32 Å². The molecule has 0 spiro atoms. The number of nitrogens with one attached hydrogen (secondary N) is 1. The Morgan fingerprint density at radius 1 is 1.03 bits per heavy atom. The van der Waals surface area contributed by atoms with Gasteiger partial charge in [0.1, 0.15) is 6.26 Å². The molecule has 1 aromatic carbocycles. The average molecular weight is 406 g/mol. The summed E-state index contributed by atoms with van der Waals surface area (Å²) in [6, 6.07) is 11.8. The lowest BCUT2D eigenvalue weighted by atomic mass is 10.0. The zero-order chi connectivity index (χ0) is 20.8. The van der Waals surface area contributed by atoms with Crippen molar-refractivity contribution in [3.63, 3.8) is 0 Å². The Kier molecular flexibility index (Phi) is 6.57. The number of carbonyl (C=O) groups excluding carboxylic acids is 1. The molecule has 4 aromatic rings. The molecule has 29 heavy (non-hydrogen) atoms. The summed E-state index contributed by atoms with van der Waals surface area (Å²) in [6.07, 6.45) is 6.51. The van der Waals surface area contributed by atoms with E-state index in [4.69, 9.17) is 4.42 Å². The Morgan fingerprint density at radius 3 is 2.59 bits per heavy atom. The van der Waals surface area contributed by atoms with Gasteiger partial charge in [0.15, 0.2) is 0 Å². The van der Waals surface area contributed by atoms with E-state index in [-0.39, 0.29) is 5.91 Å². The number of oxazole rings is 1. The lowest BCUT2D eigenvalue weighted by Crippen LogP contribution is -2.12. The molecule has 0 aliphatic carbocycles. The number of carbonyl (C=O) groups is 1. The number of pyridine rings is 1. The molecule has 0 fully saturated rings. The highest BCUT2D eigenvalue weighted by atomic mass is 32.1. The standard InChI is InChI=1S/C21H17N3O2S.C2H6/c1-13-3-4-15(21-23-9-10-26-21)11-17(13)18-5-6-19(27-18)24-20(25)16-7-8-22-12-14(16)2;1-2/h3-12H,1-2H3,(H,24,25);1-2H3. The maximum atomic E-state index is 12.5. The number of thiophene rings is 1. The highest BCUT2D eigenvalue weighted by Crippen LogP contribution is 2.35. The van der Waals surface area contributed by atoms with Crippen molar-refractivity contribution in [2.24, 2.45) is 0 Å². The van der Waals surface area contributed by atoms with Gasteiger partial charge >= 0.3 is 0 Å². The average Bonchev–Trinajstić information content (AvgIpc) is 3.43. The van der Waals surface area contributed by atoms with Gasteiger partial charge in [0.25, 0.3) is 5.91 Å². The summed E-state index contributed by atoms with van der Waals surface area (Å²) in [6.45, 7) is 7.94. The van der Waals surface area contributed by atoms with Crippen LogP contribution in [0, 0.1) is 13.8 Å². The predicted molar refractivity (Wildman–Crippen MR) is 118 cm³/mol. The fourth-order valence-corrected chi connectivity index (χ4v) is 3.83. The van der Waals surface area contributed by atoms with Crippen LogP contribution >= 0.6 is 11.3 Å². The number of aryl methyl sites for hydroxylation is 2. The highest BCUT2D eigenvalue weighted by molar-refractivity contribution is 7.19. The van der Waals surface area contributed by atoms with E-state index in [2.05, 4.69) is 28.3 Å². The number of nitrogens with zero attached hydrogens (tertiary/aromatic N) is 2. The number of benzene rings is 1. The Bertz CT molecular complexity index is 1100. The van der Waals surface area contributed by atoms with E-state index in [0.717, 1.165) is 32.1 Å². The third-order valence-corrected chi connectivity index (χ3v) is 5.32. The summed E-state index contributed by atoms with van der Waals surface area (Å²) in [5.41, 5.74) is 4.64. The number of hydrogen-bond acceptors (Lipinski definition) is 5. The first-order chi connectivity index (χ1) is 14.1. The predicted octanol–water partition coefficient (Wildman–Crippen LogP) is 6.36. The second-order valence-electron chi connectivity index (χ2n) is 6.18. The minimum Gasteiger partial charge on any atom is -0.445 e.